The van der Waals surface area contributed by atoms with Gasteiger partial charge in [0.05, 0.1) is 17.3 Å². The molecule has 1 unspecified atom stereocenters. The molecule has 0 saturated carbocycles. The van der Waals surface area contributed by atoms with E-state index in [0.29, 0.717) is 19.5 Å². The molecule has 1 atom stereocenters. The number of aromatic nitrogens is 2. The van der Waals surface area contributed by atoms with Gasteiger partial charge in [-0.3, -0.25) is 9.48 Å². The SMILES string of the molecule is CCNC(C)(CCn1nc(C)c(Br)c1C)C(=O)OC. The molecule has 0 saturated heterocycles. The third kappa shape index (κ3) is 3.57. The second-order valence-electron chi connectivity index (χ2n) is 4.81. The van der Waals surface area contributed by atoms with E-state index in [1.54, 1.807) is 0 Å². The molecular formula is C13H22BrN3O2. The molecule has 1 aromatic heterocycles. The second kappa shape index (κ2) is 6.52. The first kappa shape index (κ1) is 16.2. The number of hydrogen-bond acceptors (Lipinski definition) is 4. The molecule has 19 heavy (non-hydrogen) atoms. The number of carbonyl (C=O) groups excluding carboxylic acids is 1. The van der Waals surface area contributed by atoms with Crippen molar-refractivity contribution in [3.8, 4) is 0 Å². The largest absolute Gasteiger partial charge is 0.468 e. The lowest BCUT2D eigenvalue weighted by atomic mass is 9.98. The van der Waals surface area contributed by atoms with E-state index in [1.807, 2.05) is 32.4 Å². The predicted octanol–water partition coefficient (Wildman–Crippen LogP) is 2.19. The fourth-order valence-electron chi connectivity index (χ4n) is 2.10. The fourth-order valence-corrected chi connectivity index (χ4v) is 2.38. The van der Waals surface area contributed by atoms with Crippen molar-refractivity contribution >= 4 is 21.9 Å². The fraction of sp³-hybridized carbons (Fsp3) is 0.692. The van der Waals surface area contributed by atoms with E-state index in [4.69, 9.17) is 4.74 Å². The highest BCUT2D eigenvalue weighted by molar-refractivity contribution is 9.10. The quantitative estimate of drug-likeness (QED) is 0.812. The smallest absolute Gasteiger partial charge is 0.325 e. The molecular weight excluding hydrogens is 310 g/mol. The summed E-state index contributed by atoms with van der Waals surface area (Å²) in [5.41, 5.74) is 1.35. The number of nitrogens with zero attached hydrogens (tertiary/aromatic N) is 2. The number of esters is 1. The first-order chi connectivity index (χ1) is 8.85. The topological polar surface area (TPSA) is 56.2 Å². The third-order valence-corrected chi connectivity index (χ3v) is 4.47. The molecule has 0 aliphatic rings. The number of likely N-dealkylation sites (N-methyl/N-ethyl adjacent to an activating group) is 1. The molecule has 0 radical (unpaired) electrons. The van der Waals surface area contributed by atoms with Crippen molar-refractivity contribution in [1.29, 1.82) is 0 Å². The summed E-state index contributed by atoms with van der Waals surface area (Å²) in [6.45, 7) is 9.18. The van der Waals surface area contributed by atoms with Gasteiger partial charge in [0.15, 0.2) is 0 Å². The van der Waals surface area contributed by atoms with Crippen LogP contribution in [0.4, 0.5) is 0 Å². The molecule has 0 aliphatic heterocycles. The van der Waals surface area contributed by atoms with Crippen LogP contribution in [0.5, 0.6) is 0 Å². The normalized spacial score (nSPS) is 14.2. The van der Waals surface area contributed by atoms with Crippen LogP contribution in [0, 0.1) is 13.8 Å². The Labute approximate surface area is 122 Å². The average Bonchev–Trinajstić information content (AvgIpc) is 2.63. The predicted molar refractivity (Wildman–Crippen MR) is 78.1 cm³/mol. The van der Waals surface area contributed by atoms with Gasteiger partial charge in [-0.25, -0.2) is 0 Å². The Balaban J connectivity index is 2.82. The summed E-state index contributed by atoms with van der Waals surface area (Å²) < 4.78 is 7.81. The Bertz CT molecular complexity index is 459. The lowest BCUT2D eigenvalue weighted by molar-refractivity contribution is -0.148. The summed E-state index contributed by atoms with van der Waals surface area (Å²) in [4.78, 5) is 11.9. The molecule has 1 aromatic rings. The van der Waals surface area contributed by atoms with Crippen molar-refractivity contribution < 1.29 is 9.53 Å². The highest BCUT2D eigenvalue weighted by Gasteiger charge is 2.33. The summed E-state index contributed by atoms with van der Waals surface area (Å²) >= 11 is 3.50. The average molecular weight is 332 g/mol. The van der Waals surface area contributed by atoms with E-state index < -0.39 is 5.54 Å². The number of methoxy groups -OCH3 is 1. The zero-order valence-electron chi connectivity index (χ0n) is 12.2. The van der Waals surface area contributed by atoms with Gasteiger partial charge in [0.2, 0.25) is 0 Å². The number of ether oxygens (including phenoxy) is 1. The van der Waals surface area contributed by atoms with Crippen molar-refractivity contribution in [1.82, 2.24) is 15.1 Å². The number of nitrogens with one attached hydrogen (secondary N) is 1. The van der Waals surface area contributed by atoms with Crippen LogP contribution >= 0.6 is 15.9 Å². The molecule has 0 aromatic carbocycles. The molecule has 0 amide bonds. The van der Waals surface area contributed by atoms with Crippen LogP contribution in [0.1, 0.15) is 31.7 Å². The zero-order chi connectivity index (χ0) is 14.6. The van der Waals surface area contributed by atoms with Gasteiger partial charge in [-0.15, -0.1) is 0 Å². The second-order valence-corrected chi connectivity index (χ2v) is 5.60. The number of aryl methyl sites for hydroxylation is 2. The van der Waals surface area contributed by atoms with Gasteiger partial charge in [-0.2, -0.15) is 5.10 Å². The van der Waals surface area contributed by atoms with Crippen LogP contribution in [0.2, 0.25) is 0 Å². The minimum absolute atomic E-state index is 0.241. The van der Waals surface area contributed by atoms with E-state index in [9.17, 15) is 4.79 Å². The lowest BCUT2D eigenvalue weighted by Gasteiger charge is -2.27. The minimum Gasteiger partial charge on any atom is -0.468 e. The van der Waals surface area contributed by atoms with E-state index in [1.165, 1.54) is 7.11 Å². The molecule has 1 heterocycles. The molecule has 0 bridgehead atoms. The van der Waals surface area contributed by atoms with E-state index in [-0.39, 0.29) is 5.97 Å². The van der Waals surface area contributed by atoms with Gasteiger partial charge in [0, 0.05) is 12.2 Å². The maximum absolute atomic E-state index is 11.9. The molecule has 0 spiro atoms. The summed E-state index contributed by atoms with van der Waals surface area (Å²) in [5, 5.41) is 7.64. The van der Waals surface area contributed by atoms with Gasteiger partial charge >= 0.3 is 5.97 Å². The molecule has 108 valence electrons. The number of carbonyl (C=O) groups is 1. The van der Waals surface area contributed by atoms with Gasteiger partial charge in [0.1, 0.15) is 5.54 Å². The highest BCUT2D eigenvalue weighted by Crippen LogP contribution is 2.21. The van der Waals surface area contributed by atoms with E-state index >= 15 is 0 Å². The van der Waals surface area contributed by atoms with Gasteiger partial charge in [-0.05, 0) is 49.7 Å². The van der Waals surface area contributed by atoms with Crippen LogP contribution in [0.15, 0.2) is 4.47 Å². The highest BCUT2D eigenvalue weighted by atomic mass is 79.9. The van der Waals surface area contributed by atoms with Gasteiger partial charge in [-0.1, -0.05) is 6.92 Å². The Morgan fingerprint density at radius 3 is 2.58 bits per heavy atom. The molecule has 1 rings (SSSR count). The first-order valence-electron chi connectivity index (χ1n) is 6.38. The maximum atomic E-state index is 11.9. The monoisotopic (exact) mass is 331 g/mol. The van der Waals surface area contributed by atoms with E-state index in [0.717, 1.165) is 15.9 Å². The molecule has 0 fully saturated rings. The van der Waals surface area contributed by atoms with Crippen LogP contribution in [-0.2, 0) is 16.1 Å². The van der Waals surface area contributed by atoms with Gasteiger partial charge in [0.25, 0.3) is 0 Å². The Hall–Kier alpha value is -0.880. The minimum atomic E-state index is -0.678. The van der Waals surface area contributed by atoms with Crippen molar-refractivity contribution in [2.45, 2.75) is 46.2 Å². The Morgan fingerprint density at radius 1 is 1.53 bits per heavy atom. The van der Waals surface area contributed by atoms with Crippen molar-refractivity contribution in [3.63, 3.8) is 0 Å². The van der Waals surface area contributed by atoms with Crippen LogP contribution in [0.25, 0.3) is 0 Å². The summed E-state index contributed by atoms with van der Waals surface area (Å²) in [6, 6.07) is 0. The lowest BCUT2D eigenvalue weighted by Crippen LogP contribution is -2.50. The molecule has 5 nitrogen and oxygen atoms in total. The molecule has 6 heteroatoms. The number of rotatable bonds is 6. The van der Waals surface area contributed by atoms with Crippen molar-refractivity contribution in [2.75, 3.05) is 13.7 Å². The van der Waals surface area contributed by atoms with Crippen molar-refractivity contribution in [3.05, 3.63) is 15.9 Å². The molecule has 0 aliphatic carbocycles. The summed E-state index contributed by atoms with van der Waals surface area (Å²) in [7, 11) is 1.41. The Kier molecular flexibility index (Phi) is 5.55. The van der Waals surface area contributed by atoms with Crippen molar-refractivity contribution in [2.24, 2.45) is 0 Å². The number of hydrogen-bond donors (Lipinski definition) is 1. The Morgan fingerprint density at radius 2 is 2.16 bits per heavy atom. The number of halogens is 1. The molecule has 1 N–H and O–H groups in total. The zero-order valence-corrected chi connectivity index (χ0v) is 13.8. The third-order valence-electron chi connectivity index (χ3n) is 3.32. The summed E-state index contributed by atoms with van der Waals surface area (Å²) in [6.07, 6.45) is 0.627. The summed E-state index contributed by atoms with van der Waals surface area (Å²) in [5.74, 6) is -0.241. The van der Waals surface area contributed by atoms with Gasteiger partial charge < -0.3 is 10.1 Å². The van der Waals surface area contributed by atoms with Crippen LogP contribution in [-0.4, -0.2) is 34.9 Å². The van der Waals surface area contributed by atoms with Crippen LogP contribution in [0.3, 0.4) is 0 Å². The first-order valence-corrected chi connectivity index (χ1v) is 7.18. The van der Waals surface area contributed by atoms with Crippen LogP contribution < -0.4 is 5.32 Å². The maximum Gasteiger partial charge on any atom is 0.325 e. The van der Waals surface area contributed by atoms with E-state index in [2.05, 4.69) is 26.3 Å². The standard InChI is InChI=1S/C13H22BrN3O2/c1-6-15-13(4,12(18)19-5)7-8-17-10(3)11(14)9(2)16-17/h15H,6-8H2,1-5H3.